The summed E-state index contributed by atoms with van der Waals surface area (Å²) in [4.78, 5) is 15.3. The molecule has 0 bridgehead atoms. The van der Waals surface area contributed by atoms with Gasteiger partial charge in [0.25, 0.3) is 0 Å². The fourth-order valence-corrected chi connectivity index (χ4v) is 3.11. The van der Waals surface area contributed by atoms with Gasteiger partial charge in [-0.15, -0.1) is 0 Å². The minimum atomic E-state index is -1.03. The lowest BCUT2D eigenvalue weighted by atomic mass is 9.99. The smallest absolute Gasteiger partial charge is 0.328 e. The molecular weight excluding hydrogens is 354 g/mol. The lowest BCUT2D eigenvalue weighted by molar-refractivity contribution is -0.131. The molecule has 0 aliphatic rings. The maximum Gasteiger partial charge on any atom is 0.328 e. The average molecular weight is 372 g/mol. The van der Waals surface area contributed by atoms with Crippen LogP contribution in [0, 0.1) is 0 Å². The molecule has 3 rings (SSSR count). The van der Waals surface area contributed by atoms with Crippen LogP contribution in [0.25, 0.3) is 22.7 Å². The van der Waals surface area contributed by atoms with Gasteiger partial charge in [0.15, 0.2) is 0 Å². The minimum absolute atomic E-state index is 0.248. The third-order valence-electron chi connectivity index (χ3n) is 4.02. The summed E-state index contributed by atoms with van der Waals surface area (Å²) in [5, 5.41) is 14.3. The molecule has 0 radical (unpaired) electrons. The van der Waals surface area contributed by atoms with Crippen molar-refractivity contribution in [2.45, 2.75) is 20.0 Å². The number of methoxy groups -OCH3 is 1. The number of aryl methyl sites for hydroxylation is 1. The number of hydrogen-bond acceptors (Lipinski definition) is 4. The van der Waals surface area contributed by atoms with Crippen molar-refractivity contribution in [3.8, 4) is 11.1 Å². The van der Waals surface area contributed by atoms with E-state index in [4.69, 9.17) is 21.4 Å². The van der Waals surface area contributed by atoms with Gasteiger partial charge in [0.2, 0.25) is 0 Å². The number of aliphatic carboxylic acids is 1. The Kier molecular flexibility index (Phi) is 5.35. The standard InChI is InChI=1S/C19H18ClN3O3/c1-3-14-4-6-17-19(12-8-13(20)10-21-9-12)15(5-7-18(24)25)16(11-26-2)22-23(14)17/h4-10H,3,11H2,1-2H3,(H,24,25)/b7-5+. The zero-order valence-corrected chi connectivity index (χ0v) is 15.2. The maximum absolute atomic E-state index is 11.1. The molecule has 0 saturated heterocycles. The van der Waals surface area contributed by atoms with E-state index in [0.717, 1.165) is 34.8 Å². The summed E-state index contributed by atoms with van der Waals surface area (Å²) in [7, 11) is 1.58. The highest BCUT2D eigenvalue weighted by Gasteiger charge is 2.18. The highest BCUT2D eigenvalue weighted by Crippen LogP contribution is 2.33. The Balaban J connectivity index is 2.40. The van der Waals surface area contributed by atoms with Gasteiger partial charge < -0.3 is 9.84 Å². The largest absolute Gasteiger partial charge is 0.478 e. The number of hydrogen-bond donors (Lipinski definition) is 1. The van der Waals surface area contributed by atoms with Gasteiger partial charge in [-0.3, -0.25) is 4.98 Å². The van der Waals surface area contributed by atoms with E-state index < -0.39 is 5.97 Å². The van der Waals surface area contributed by atoms with Crippen LogP contribution in [0.2, 0.25) is 5.02 Å². The van der Waals surface area contributed by atoms with E-state index >= 15 is 0 Å². The molecule has 0 aliphatic carbocycles. The summed E-state index contributed by atoms with van der Waals surface area (Å²) < 4.78 is 7.15. The number of nitrogens with zero attached hydrogens (tertiary/aromatic N) is 3. The summed E-state index contributed by atoms with van der Waals surface area (Å²) in [6, 6.07) is 5.78. The average Bonchev–Trinajstić information content (AvgIpc) is 3.02. The first kappa shape index (κ1) is 18.1. The predicted molar refractivity (Wildman–Crippen MR) is 100 cm³/mol. The predicted octanol–water partition coefficient (Wildman–Crippen LogP) is 3.86. The van der Waals surface area contributed by atoms with Gasteiger partial charge in [0.1, 0.15) is 0 Å². The fourth-order valence-electron chi connectivity index (χ4n) is 2.93. The number of pyridine rings is 1. The van der Waals surface area contributed by atoms with Crippen molar-refractivity contribution < 1.29 is 14.6 Å². The molecule has 0 unspecified atom stereocenters. The number of halogens is 1. The summed E-state index contributed by atoms with van der Waals surface area (Å²) >= 11 is 6.14. The van der Waals surface area contributed by atoms with E-state index in [1.54, 1.807) is 31.6 Å². The van der Waals surface area contributed by atoms with Crippen LogP contribution >= 0.6 is 11.6 Å². The van der Waals surface area contributed by atoms with E-state index in [-0.39, 0.29) is 6.61 Å². The zero-order valence-electron chi connectivity index (χ0n) is 14.4. The van der Waals surface area contributed by atoms with E-state index in [1.807, 2.05) is 16.6 Å². The summed E-state index contributed by atoms with van der Waals surface area (Å²) in [6.07, 6.45) is 6.71. The van der Waals surface area contributed by atoms with Crippen molar-refractivity contribution in [3.05, 3.63) is 58.6 Å². The van der Waals surface area contributed by atoms with E-state index in [9.17, 15) is 4.79 Å². The lowest BCUT2D eigenvalue weighted by Crippen LogP contribution is -2.07. The molecule has 3 aromatic rings. The second-order valence-corrected chi connectivity index (χ2v) is 6.14. The van der Waals surface area contributed by atoms with E-state index in [0.29, 0.717) is 16.3 Å². The second-order valence-electron chi connectivity index (χ2n) is 5.71. The number of carbonyl (C=O) groups is 1. The summed E-state index contributed by atoms with van der Waals surface area (Å²) in [5.74, 6) is -1.03. The van der Waals surface area contributed by atoms with E-state index in [1.165, 1.54) is 0 Å². The van der Waals surface area contributed by atoms with Crippen molar-refractivity contribution in [1.29, 1.82) is 0 Å². The van der Waals surface area contributed by atoms with Crippen molar-refractivity contribution in [2.24, 2.45) is 0 Å². The topological polar surface area (TPSA) is 76.7 Å². The monoisotopic (exact) mass is 371 g/mol. The number of ether oxygens (including phenoxy) is 1. The molecular formula is C19H18ClN3O3. The van der Waals surface area contributed by atoms with Crippen LogP contribution in [0.15, 0.2) is 36.7 Å². The third-order valence-corrected chi connectivity index (χ3v) is 4.23. The first-order valence-corrected chi connectivity index (χ1v) is 8.47. The van der Waals surface area contributed by atoms with Gasteiger partial charge in [0, 0.05) is 48.0 Å². The number of carboxylic acids is 1. The molecule has 3 aromatic heterocycles. The molecule has 0 amide bonds. The summed E-state index contributed by atoms with van der Waals surface area (Å²) in [6.45, 7) is 2.30. The Hall–Kier alpha value is -2.70. The first-order valence-electron chi connectivity index (χ1n) is 8.09. The van der Waals surface area contributed by atoms with Crippen LogP contribution in [0.3, 0.4) is 0 Å². The Labute approximate surface area is 155 Å². The number of rotatable bonds is 6. The van der Waals surface area contributed by atoms with Crippen LogP contribution in [0.5, 0.6) is 0 Å². The van der Waals surface area contributed by atoms with Gasteiger partial charge in [-0.1, -0.05) is 18.5 Å². The van der Waals surface area contributed by atoms with Crippen LogP contribution in [0.1, 0.15) is 23.9 Å². The Bertz CT molecular complexity index is 995. The highest BCUT2D eigenvalue weighted by molar-refractivity contribution is 6.30. The van der Waals surface area contributed by atoms with Crippen molar-refractivity contribution in [3.63, 3.8) is 0 Å². The molecule has 134 valence electrons. The molecule has 0 spiro atoms. The first-order chi connectivity index (χ1) is 12.5. The summed E-state index contributed by atoms with van der Waals surface area (Å²) in [5.41, 5.74) is 4.82. The second kappa shape index (κ2) is 7.68. The number of aromatic nitrogens is 3. The third kappa shape index (κ3) is 3.47. The van der Waals surface area contributed by atoms with Crippen LogP contribution in [-0.4, -0.2) is 32.8 Å². The van der Waals surface area contributed by atoms with E-state index in [2.05, 4.69) is 17.0 Å². The molecule has 3 heterocycles. The van der Waals surface area contributed by atoms with Crippen LogP contribution < -0.4 is 0 Å². The number of carboxylic acid groups (broad SMARTS) is 1. The molecule has 0 aromatic carbocycles. The van der Waals surface area contributed by atoms with Gasteiger partial charge in [-0.25, -0.2) is 9.31 Å². The SMILES string of the molecule is CCc1ccc2c(-c3cncc(Cl)c3)c(/C=C/C(=O)O)c(COC)nn12. The normalized spacial score (nSPS) is 11.5. The Morgan fingerprint density at radius 3 is 2.85 bits per heavy atom. The van der Waals surface area contributed by atoms with Crippen molar-refractivity contribution in [2.75, 3.05) is 7.11 Å². The molecule has 0 saturated carbocycles. The molecule has 0 aliphatic heterocycles. The van der Waals surface area contributed by atoms with Gasteiger partial charge >= 0.3 is 5.97 Å². The number of fused-ring (bicyclic) bond motifs is 1. The minimum Gasteiger partial charge on any atom is -0.478 e. The quantitative estimate of drug-likeness (QED) is 0.666. The maximum atomic E-state index is 11.1. The van der Waals surface area contributed by atoms with Crippen LogP contribution in [0.4, 0.5) is 0 Å². The molecule has 0 atom stereocenters. The van der Waals surface area contributed by atoms with Crippen molar-refractivity contribution >= 4 is 29.2 Å². The molecule has 6 nitrogen and oxygen atoms in total. The Morgan fingerprint density at radius 1 is 1.38 bits per heavy atom. The molecule has 7 heteroatoms. The molecule has 1 N–H and O–H groups in total. The van der Waals surface area contributed by atoms with Gasteiger partial charge in [0.05, 0.1) is 22.8 Å². The van der Waals surface area contributed by atoms with Crippen molar-refractivity contribution in [1.82, 2.24) is 14.6 Å². The Morgan fingerprint density at radius 2 is 2.19 bits per heavy atom. The van der Waals surface area contributed by atoms with Gasteiger partial charge in [-0.2, -0.15) is 5.10 Å². The zero-order chi connectivity index (χ0) is 18.7. The van der Waals surface area contributed by atoms with Gasteiger partial charge in [-0.05, 0) is 30.7 Å². The van der Waals surface area contributed by atoms with Crippen LogP contribution in [-0.2, 0) is 22.6 Å². The lowest BCUT2D eigenvalue weighted by Gasteiger charge is -2.15. The highest BCUT2D eigenvalue weighted by atomic mass is 35.5. The molecule has 26 heavy (non-hydrogen) atoms. The fraction of sp³-hybridized carbons (Fsp3) is 0.211. The molecule has 0 fully saturated rings.